The van der Waals surface area contributed by atoms with Gasteiger partial charge in [-0.25, -0.2) is 0 Å². The van der Waals surface area contributed by atoms with Crippen LogP contribution in [0.15, 0.2) is 0 Å². The predicted octanol–water partition coefficient (Wildman–Crippen LogP) is 3.77. The van der Waals surface area contributed by atoms with Gasteiger partial charge in [0, 0.05) is 3.42 Å². The van der Waals surface area contributed by atoms with Crippen molar-refractivity contribution in [2.45, 2.75) is 63.3 Å². The molecule has 1 aliphatic heterocycles. The first-order valence-corrected chi connectivity index (χ1v) is 6.60. The quantitative estimate of drug-likeness (QED) is 0.581. The van der Waals surface area contributed by atoms with E-state index in [1.807, 2.05) is 13.8 Å². The third-order valence-electron chi connectivity index (χ3n) is 2.76. The number of ether oxygens (including phenoxy) is 2. The average Bonchev–Trinajstić information content (AvgIpc) is 2.25. The van der Waals surface area contributed by atoms with Gasteiger partial charge in [-0.15, -0.1) is 0 Å². The average molecular weight is 326 g/mol. The fourth-order valence-electron chi connectivity index (χ4n) is 2.27. The van der Waals surface area contributed by atoms with E-state index in [2.05, 4.69) is 50.3 Å². The molecule has 15 heavy (non-hydrogen) atoms. The van der Waals surface area contributed by atoms with Gasteiger partial charge in [0.25, 0.3) is 0 Å². The minimum atomic E-state index is -0.405. The molecule has 1 aliphatic rings. The van der Waals surface area contributed by atoms with Crippen molar-refractivity contribution in [3.8, 4) is 0 Å². The third kappa shape index (κ3) is 4.19. The Bertz CT molecular complexity index is 228. The van der Waals surface area contributed by atoms with Crippen LogP contribution in [0.1, 0.15) is 48.0 Å². The molecule has 1 unspecified atom stereocenters. The fraction of sp³-hybridized carbons (Fsp3) is 1.00. The van der Waals surface area contributed by atoms with Crippen molar-refractivity contribution in [2.75, 3.05) is 6.61 Å². The summed E-state index contributed by atoms with van der Waals surface area (Å²) in [5, 5.41) is 0. The molecule has 1 saturated heterocycles. The fourth-order valence-corrected chi connectivity index (χ4v) is 3.25. The Labute approximate surface area is 107 Å². The van der Waals surface area contributed by atoms with Crippen molar-refractivity contribution in [1.82, 2.24) is 0 Å². The van der Waals surface area contributed by atoms with Crippen LogP contribution >= 0.6 is 22.6 Å². The molecule has 0 amide bonds. The van der Waals surface area contributed by atoms with Gasteiger partial charge in [0.15, 0.2) is 5.79 Å². The van der Waals surface area contributed by atoms with Gasteiger partial charge in [-0.05, 0) is 25.7 Å². The van der Waals surface area contributed by atoms with E-state index in [4.69, 9.17) is 9.47 Å². The molecule has 0 aromatic rings. The maximum absolute atomic E-state index is 5.93. The molecule has 1 fully saturated rings. The molecule has 0 bridgehead atoms. The van der Waals surface area contributed by atoms with E-state index < -0.39 is 5.79 Å². The highest BCUT2D eigenvalue weighted by Gasteiger charge is 2.43. The molecule has 3 heteroatoms. The summed E-state index contributed by atoms with van der Waals surface area (Å²) in [5.74, 6) is -0.405. The van der Waals surface area contributed by atoms with Crippen LogP contribution in [0.5, 0.6) is 0 Å². The highest BCUT2D eigenvalue weighted by Crippen LogP contribution is 2.41. The van der Waals surface area contributed by atoms with E-state index in [0.717, 1.165) is 6.42 Å². The molecule has 0 saturated carbocycles. The van der Waals surface area contributed by atoms with Gasteiger partial charge in [-0.1, -0.05) is 50.3 Å². The number of hydrogen-bond donors (Lipinski definition) is 0. The Balaban J connectivity index is 2.63. The van der Waals surface area contributed by atoms with Crippen LogP contribution in [0.2, 0.25) is 0 Å². The first kappa shape index (κ1) is 13.7. The molecule has 2 nitrogen and oxygen atoms in total. The van der Waals surface area contributed by atoms with Crippen LogP contribution in [0.3, 0.4) is 0 Å². The summed E-state index contributed by atoms with van der Waals surface area (Å²) < 4.78 is 11.9. The zero-order valence-electron chi connectivity index (χ0n) is 10.7. The summed E-state index contributed by atoms with van der Waals surface area (Å²) in [6, 6.07) is 0. The number of alkyl halides is 1. The van der Waals surface area contributed by atoms with E-state index in [-0.39, 0.29) is 11.5 Å². The van der Waals surface area contributed by atoms with Crippen LogP contribution in [-0.2, 0) is 9.47 Å². The lowest BCUT2D eigenvalue weighted by Gasteiger charge is -2.35. The highest BCUT2D eigenvalue weighted by atomic mass is 127. The smallest absolute Gasteiger partial charge is 0.163 e. The molecule has 1 heterocycles. The van der Waals surface area contributed by atoms with Gasteiger partial charge in [0.05, 0.1) is 12.7 Å². The Kier molecular flexibility index (Phi) is 3.79. The summed E-state index contributed by atoms with van der Waals surface area (Å²) in [6.07, 6.45) is 1.34. The second-order valence-electron chi connectivity index (χ2n) is 6.20. The second kappa shape index (κ2) is 4.15. The second-order valence-corrected chi connectivity index (χ2v) is 9.12. The van der Waals surface area contributed by atoms with Crippen LogP contribution < -0.4 is 0 Å². The summed E-state index contributed by atoms with van der Waals surface area (Å²) in [4.78, 5) is 0. The maximum atomic E-state index is 5.93. The lowest BCUT2D eigenvalue weighted by Crippen LogP contribution is -2.37. The van der Waals surface area contributed by atoms with E-state index in [9.17, 15) is 0 Å². The van der Waals surface area contributed by atoms with Gasteiger partial charge in [-0.3, -0.25) is 0 Å². The summed E-state index contributed by atoms with van der Waals surface area (Å²) >= 11 is 2.50. The van der Waals surface area contributed by atoms with Crippen molar-refractivity contribution in [3.63, 3.8) is 0 Å². The van der Waals surface area contributed by atoms with Crippen molar-refractivity contribution in [2.24, 2.45) is 5.41 Å². The monoisotopic (exact) mass is 326 g/mol. The minimum absolute atomic E-state index is 0.165. The maximum Gasteiger partial charge on any atom is 0.163 e. The normalized spacial score (nSPS) is 27.0. The van der Waals surface area contributed by atoms with E-state index >= 15 is 0 Å². The van der Waals surface area contributed by atoms with E-state index in [1.54, 1.807) is 0 Å². The molecule has 0 aromatic carbocycles. The van der Waals surface area contributed by atoms with Crippen LogP contribution in [0.25, 0.3) is 0 Å². The minimum Gasteiger partial charge on any atom is -0.348 e. The first-order chi connectivity index (χ1) is 6.52. The van der Waals surface area contributed by atoms with Crippen molar-refractivity contribution in [1.29, 1.82) is 0 Å². The van der Waals surface area contributed by atoms with Crippen molar-refractivity contribution >= 4 is 22.6 Å². The molecule has 0 N–H and O–H groups in total. The van der Waals surface area contributed by atoms with Crippen LogP contribution in [0, 0.1) is 5.41 Å². The molecular weight excluding hydrogens is 303 g/mol. The Hall–Kier alpha value is 0.650. The molecule has 1 atom stereocenters. The van der Waals surface area contributed by atoms with E-state index in [1.165, 1.54) is 0 Å². The lowest BCUT2D eigenvalue weighted by atomic mass is 9.79. The molecule has 0 spiro atoms. The molecular formula is C12H23IO2. The topological polar surface area (TPSA) is 18.5 Å². The van der Waals surface area contributed by atoms with E-state index in [0.29, 0.717) is 10.0 Å². The lowest BCUT2D eigenvalue weighted by molar-refractivity contribution is -0.152. The van der Waals surface area contributed by atoms with Crippen LogP contribution in [-0.4, -0.2) is 21.9 Å². The summed E-state index contributed by atoms with van der Waals surface area (Å²) in [5.41, 5.74) is 0.165. The highest BCUT2D eigenvalue weighted by molar-refractivity contribution is 14.1. The van der Waals surface area contributed by atoms with Gasteiger partial charge < -0.3 is 9.47 Å². The summed E-state index contributed by atoms with van der Waals surface area (Å²) in [7, 11) is 0. The SMILES string of the molecule is CC(C)(I)CC(C)(C)C1COC(C)(C)O1. The van der Waals surface area contributed by atoms with Gasteiger partial charge >= 0.3 is 0 Å². The zero-order chi connectivity index (χ0) is 11.9. The number of halogens is 1. The third-order valence-corrected chi connectivity index (χ3v) is 3.14. The molecule has 90 valence electrons. The zero-order valence-corrected chi connectivity index (χ0v) is 12.8. The van der Waals surface area contributed by atoms with Crippen LogP contribution in [0.4, 0.5) is 0 Å². The Morgan fingerprint density at radius 1 is 1.27 bits per heavy atom. The molecule has 0 aromatic heterocycles. The molecule has 0 radical (unpaired) electrons. The van der Waals surface area contributed by atoms with Gasteiger partial charge in [0.1, 0.15) is 0 Å². The first-order valence-electron chi connectivity index (χ1n) is 5.53. The summed E-state index contributed by atoms with van der Waals surface area (Å²) in [6.45, 7) is 13.7. The largest absolute Gasteiger partial charge is 0.348 e. The molecule has 1 rings (SSSR count). The van der Waals surface area contributed by atoms with Crippen molar-refractivity contribution < 1.29 is 9.47 Å². The standard InChI is InChI=1S/C12H23IO2/c1-10(2,8-11(3,4)13)9-7-14-12(5,6)15-9/h9H,7-8H2,1-6H3. The Morgan fingerprint density at radius 3 is 2.13 bits per heavy atom. The van der Waals surface area contributed by atoms with Gasteiger partial charge in [0.2, 0.25) is 0 Å². The predicted molar refractivity (Wildman–Crippen MR) is 71.4 cm³/mol. The Morgan fingerprint density at radius 2 is 1.80 bits per heavy atom. The number of rotatable bonds is 3. The molecule has 0 aliphatic carbocycles. The number of hydrogen-bond acceptors (Lipinski definition) is 2. The van der Waals surface area contributed by atoms with Crippen molar-refractivity contribution in [3.05, 3.63) is 0 Å². The van der Waals surface area contributed by atoms with Gasteiger partial charge in [-0.2, -0.15) is 0 Å².